The Morgan fingerprint density at radius 1 is 0.783 bits per heavy atom. The minimum atomic E-state index is -5.73. The fourth-order valence-corrected chi connectivity index (χ4v) is 10.0. The molecule has 3 fully saturated rings. The van der Waals surface area contributed by atoms with Crippen LogP contribution < -0.4 is 21.9 Å². The quantitative estimate of drug-likeness (QED) is 0.0291. The zero-order chi connectivity index (χ0) is 50.3. The van der Waals surface area contributed by atoms with E-state index in [0.717, 1.165) is 23.7 Å². The minimum Gasteiger partial charge on any atom is -0.449 e. The van der Waals surface area contributed by atoms with Gasteiger partial charge in [-0.3, -0.25) is 28.2 Å². The van der Waals surface area contributed by atoms with E-state index < -0.39 is 102 Å². The molecule has 14 atom stereocenters. The van der Waals surface area contributed by atoms with Crippen molar-refractivity contribution in [3.8, 4) is 0 Å². The summed E-state index contributed by atoms with van der Waals surface area (Å²) in [6.45, 7) is 5.43. The summed E-state index contributed by atoms with van der Waals surface area (Å²) in [6.07, 6.45) is -11.4. The predicted octanol–water partition coefficient (Wildman–Crippen LogP) is -1.86. The third-order valence-electron chi connectivity index (χ3n) is 11.3. The molecule has 1 aliphatic carbocycles. The molecule has 0 bridgehead atoms. The van der Waals surface area contributed by atoms with Gasteiger partial charge in [-0.15, -0.1) is 0 Å². The first-order valence-corrected chi connectivity index (χ1v) is 25.5. The van der Waals surface area contributed by atoms with Gasteiger partial charge >= 0.3 is 21.7 Å². The Balaban J connectivity index is 0.891. The van der Waals surface area contributed by atoms with Gasteiger partial charge in [-0.25, -0.2) is 18.9 Å². The lowest BCUT2D eigenvalue weighted by atomic mass is 9.99. The number of amides is 2. The van der Waals surface area contributed by atoms with E-state index in [2.05, 4.69) is 43.7 Å². The average molecular weight is 1030 g/mol. The zero-order valence-electron chi connectivity index (χ0n) is 38.1. The van der Waals surface area contributed by atoms with Gasteiger partial charge in [0, 0.05) is 19.5 Å². The van der Waals surface area contributed by atoms with Gasteiger partial charge in [-0.1, -0.05) is 39.5 Å². The van der Waals surface area contributed by atoms with Gasteiger partial charge in [-0.05, 0) is 17.8 Å². The maximum Gasteiger partial charge on any atom is 0.483 e. The zero-order valence-corrected chi connectivity index (χ0v) is 39.9. The molecule has 2 aromatic rings. The van der Waals surface area contributed by atoms with Gasteiger partial charge in [0.25, 0.3) is 5.56 Å². The number of alkyl carbamates (subject to hydrolysis) is 1. The van der Waals surface area contributed by atoms with Crippen molar-refractivity contribution in [2.24, 2.45) is 17.8 Å². The highest BCUT2D eigenvalue weighted by Crippen LogP contribution is 2.61. The van der Waals surface area contributed by atoms with E-state index in [1.54, 1.807) is 0 Å². The molecule has 12 N–H and O–H groups in total. The second kappa shape index (κ2) is 27.0. The highest BCUT2D eigenvalue weighted by atomic mass is 31.3. The second-order valence-electron chi connectivity index (χ2n) is 16.4. The number of fused-ring (bicyclic) bond motifs is 1. The molecule has 31 heteroatoms. The minimum absolute atomic E-state index is 0.0332. The van der Waals surface area contributed by atoms with Crippen molar-refractivity contribution in [2.75, 3.05) is 84.9 Å². The molecule has 4 heterocycles. The first kappa shape index (κ1) is 56.6. The van der Waals surface area contributed by atoms with E-state index >= 15 is 0 Å². The number of nitrogens with two attached hydrogens (primary N) is 1. The topological polar surface area (TPSA) is 416 Å². The smallest absolute Gasteiger partial charge is 0.449 e. The Morgan fingerprint density at radius 2 is 1.39 bits per heavy atom. The molecule has 5 rings (SSSR count). The van der Waals surface area contributed by atoms with E-state index in [0.29, 0.717) is 57.3 Å². The lowest BCUT2D eigenvalue weighted by Gasteiger charge is -2.40. The molecule has 2 amide bonds. The van der Waals surface area contributed by atoms with E-state index in [1.807, 2.05) is 0 Å². The number of hydrogen-bond acceptors (Lipinski definition) is 23. The Bertz CT molecular complexity index is 2080. The number of phosphoric ester groups is 2. The lowest BCUT2D eigenvalue weighted by Crippen LogP contribution is -2.60. The molecule has 1 saturated carbocycles. The molecule has 2 aliphatic heterocycles. The number of rotatable bonds is 31. The molecule has 394 valence electrons. The maximum absolute atomic E-state index is 12.8. The molecule has 3 aliphatic rings. The number of aliphatic hydroxyl groups excluding tert-OH is 5. The normalized spacial score (nSPS) is 29.6. The van der Waals surface area contributed by atoms with Crippen LogP contribution >= 0.6 is 15.6 Å². The molecular weight excluding hydrogens is 968 g/mol. The van der Waals surface area contributed by atoms with Crippen LogP contribution in [0.25, 0.3) is 11.2 Å². The Morgan fingerprint density at radius 3 is 2.03 bits per heavy atom. The number of aromatic amines is 1. The van der Waals surface area contributed by atoms with Gasteiger partial charge in [0.05, 0.1) is 72.4 Å². The van der Waals surface area contributed by atoms with Gasteiger partial charge in [0.15, 0.2) is 23.7 Å². The molecule has 0 spiro atoms. The van der Waals surface area contributed by atoms with Crippen molar-refractivity contribution < 1.29 is 101 Å². The van der Waals surface area contributed by atoms with Crippen molar-refractivity contribution in [3.63, 3.8) is 0 Å². The number of nitrogen functional groups attached to an aromatic ring is 1. The van der Waals surface area contributed by atoms with Crippen LogP contribution in [0.1, 0.15) is 52.2 Å². The van der Waals surface area contributed by atoms with E-state index in [9.17, 15) is 58.8 Å². The molecule has 2 saturated heterocycles. The number of hydrogen-bond donors (Lipinski definition) is 11. The first-order valence-electron chi connectivity index (χ1n) is 22.5. The fourth-order valence-electron chi connectivity index (χ4n) is 7.84. The first-order chi connectivity index (χ1) is 32.9. The van der Waals surface area contributed by atoms with Crippen LogP contribution in [0.15, 0.2) is 11.1 Å². The number of anilines is 1. The van der Waals surface area contributed by atoms with Crippen molar-refractivity contribution >= 4 is 44.8 Å². The summed E-state index contributed by atoms with van der Waals surface area (Å²) in [6, 6.07) is 0. The van der Waals surface area contributed by atoms with Crippen LogP contribution in [-0.2, 0) is 60.4 Å². The fraction of sp³-hybridized carbons (Fsp3) is 0.816. The standard InChI is InChI=1S/C38H65N7O22P2/c1-3-5-21-22(6-4-2)23(21)18-62-38(53)40-8-10-59-12-14-61-16-15-60-13-11-58-9-7-26(46)41-17-24-28(47)30(49)32(51)36(65-24)66-69(56,57)67-68(54,55)63-19-25-29(48)31(50)35(64-25)45-20-42-27-33(45)43-37(39)44-34(27)52/h20-25,28-32,35-36,47-51H,3-19H2,1-2H3,(H,40,53)(H,41,46)(H,54,55)(H,56,57)(H3,39,43,44,52)/t21-,22+,23?,24?,25-,28-,29?,30?,31?,32?,35-,36-/m1/s1. The summed E-state index contributed by atoms with van der Waals surface area (Å²) < 4.78 is 78.1. The molecule has 29 nitrogen and oxygen atoms in total. The second-order valence-corrected chi connectivity index (χ2v) is 19.4. The SMILES string of the molecule is CCC[C@@H]1C(COC(=O)NCCOCCOCCOCCOCCC(=O)NCC2O[C@H](OP(=O)(O)OP(=O)(O)OC[C@H]3O[C@@H](n4cnc5c(=O)[nH]c(N)nc54)C(O)C3O)C(O)C(O)[C@@H]2O)[C@@H]1CCC. The number of imidazole rings is 1. The monoisotopic (exact) mass is 1030 g/mol. The number of phosphoric acid groups is 2. The van der Waals surface area contributed by atoms with Crippen molar-refractivity contribution in [1.82, 2.24) is 30.2 Å². The summed E-state index contributed by atoms with van der Waals surface area (Å²) >= 11 is 0. The lowest BCUT2D eigenvalue weighted by molar-refractivity contribution is -0.273. The summed E-state index contributed by atoms with van der Waals surface area (Å²) in [5.41, 5.74) is 4.55. The van der Waals surface area contributed by atoms with Crippen molar-refractivity contribution in [3.05, 3.63) is 16.7 Å². The van der Waals surface area contributed by atoms with E-state index in [1.165, 1.54) is 12.8 Å². The van der Waals surface area contributed by atoms with Crippen molar-refractivity contribution in [2.45, 2.75) is 101 Å². The highest BCUT2D eigenvalue weighted by molar-refractivity contribution is 7.61. The number of carbonyl (C=O) groups excluding carboxylic acids is 2. The Hall–Kier alpha value is -3.29. The summed E-state index contributed by atoms with van der Waals surface area (Å²) in [5, 5.41) is 57.4. The number of aromatic nitrogens is 4. The van der Waals surface area contributed by atoms with Crippen LogP contribution in [0, 0.1) is 17.8 Å². The third-order valence-corrected chi connectivity index (χ3v) is 13.9. The van der Waals surface area contributed by atoms with Crippen LogP contribution in [0.4, 0.5) is 10.7 Å². The highest BCUT2D eigenvalue weighted by Gasteiger charge is 2.51. The van der Waals surface area contributed by atoms with E-state index in [-0.39, 0.29) is 50.0 Å². The third kappa shape index (κ3) is 16.9. The van der Waals surface area contributed by atoms with Gasteiger partial charge in [-0.2, -0.15) is 9.29 Å². The van der Waals surface area contributed by atoms with Gasteiger partial charge in [0.2, 0.25) is 11.9 Å². The number of aliphatic hydroxyl groups is 5. The summed E-state index contributed by atoms with van der Waals surface area (Å²) in [5.74, 6) is 0.900. The number of nitrogens with one attached hydrogen (secondary N) is 3. The van der Waals surface area contributed by atoms with Crippen LogP contribution in [0.5, 0.6) is 0 Å². The number of ether oxygens (including phenoxy) is 7. The number of nitrogens with zero attached hydrogens (tertiary/aromatic N) is 3. The van der Waals surface area contributed by atoms with Gasteiger partial charge in [0.1, 0.15) is 42.7 Å². The molecular formula is C38H65N7O22P2. The summed E-state index contributed by atoms with van der Waals surface area (Å²) in [7, 11) is -11.3. The van der Waals surface area contributed by atoms with Crippen LogP contribution in [-0.4, -0.2) is 195 Å². The Kier molecular flexibility index (Phi) is 22.1. The summed E-state index contributed by atoms with van der Waals surface area (Å²) in [4.78, 5) is 67.0. The van der Waals surface area contributed by atoms with Gasteiger partial charge < -0.3 is 84.8 Å². The Labute approximate surface area is 395 Å². The molecule has 0 radical (unpaired) electrons. The number of carbonyl (C=O) groups is 2. The van der Waals surface area contributed by atoms with Crippen molar-refractivity contribution in [1.29, 1.82) is 0 Å². The van der Waals surface area contributed by atoms with Crippen LogP contribution in [0.2, 0.25) is 0 Å². The predicted molar refractivity (Wildman–Crippen MR) is 233 cm³/mol. The van der Waals surface area contributed by atoms with Crippen LogP contribution in [0.3, 0.4) is 0 Å². The maximum atomic E-state index is 12.8. The molecule has 0 aromatic carbocycles. The average Bonchev–Trinajstić information content (AvgIpc) is 3.59. The molecule has 8 unspecified atom stereocenters. The number of H-pyrrole nitrogens is 1. The van der Waals surface area contributed by atoms with E-state index in [4.69, 9.17) is 47.9 Å². The molecule has 69 heavy (non-hydrogen) atoms. The molecule has 2 aromatic heterocycles. The largest absolute Gasteiger partial charge is 0.483 e.